The van der Waals surface area contributed by atoms with Crippen LogP contribution in [-0.4, -0.2) is 28.1 Å². The fourth-order valence-electron chi connectivity index (χ4n) is 2.87. The second kappa shape index (κ2) is 10.1. The molecule has 30 heavy (non-hydrogen) atoms. The molecule has 0 spiro atoms. The van der Waals surface area contributed by atoms with Gasteiger partial charge < -0.3 is 16.3 Å². The second-order valence-corrected chi connectivity index (χ2v) is 6.05. The smallest absolute Gasteiger partial charge is 0.275 e. The number of hydrogen-bond donors (Lipinski definition) is 5. The van der Waals surface area contributed by atoms with Gasteiger partial charge in [-0.15, -0.1) is 12.4 Å². The normalized spacial score (nSPS) is 10.6. The standard InChI is InChI=1S/C21H18N4O4.ClH/c22-19(24-28)13-9-11-14(12-10-13)23-20(26)17-7-3-1-5-15(17)16-6-2-4-8-18(16)21(27)25-29;/h1-12,28-29H,(H2,22,24)(H,23,26)(H,25,27);1H. The van der Waals surface area contributed by atoms with Crippen LogP contribution in [0.15, 0.2) is 78.0 Å². The summed E-state index contributed by atoms with van der Waals surface area (Å²) in [6, 6.07) is 20.0. The monoisotopic (exact) mass is 426 g/mol. The Bertz CT molecular complexity index is 1080. The van der Waals surface area contributed by atoms with Gasteiger partial charge in [-0.05, 0) is 47.5 Å². The molecule has 6 N–H and O–H groups in total. The van der Waals surface area contributed by atoms with E-state index in [1.807, 2.05) is 0 Å². The number of nitrogens with zero attached hydrogens (tertiary/aromatic N) is 1. The predicted octanol–water partition coefficient (Wildman–Crippen LogP) is 3.24. The maximum absolute atomic E-state index is 12.9. The van der Waals surface area contributed by atoms with Crippen molar-refractivity contribution in [1.29, 1.82) is 0 Å². The van der Waals surface area contributed by atoms with Gasteiger partial charge in [0.15, 0.2) is 5.84 Å². The van der Waals surface area contributed by atoms with Crippen LogP contribution >= 0.6 is 12.4 Å². The minimum atomic E-state index is -0.672. The van der Waals surface area contributed by atoms with Crippen molar-refractivity contribution in [3.05, 3.63) is 89.5 Å². The molecule has 3 aromatic carbocycles. The first-order valence-electron chi connectivity index (χ1n) is 8.57. The molecular weight excluding hydrogens is 408 g/mol. The van der Waals surface area contributed by atoms with Gasteiger partial charge in [-0.2, -0.15) is 0 Å². The SMILES string of the molecule is Cl.NC(=NO)c1ccc(NC(=O)c2ccccc2-c2ccccc2C(=O)NO)cc1. The van der Waals surface area contributed by atoms with E-state index >= 15 is 0 Å². The van der Waals surface area contributed by atoms with Crippen molar-refractivity contribution in [1.82, 2.24) is 5.48 Å². The van der Waals surface area contributed by atoms with E-state index in [1.54, 1.807) is 78.3 Å². The highest BCUT2D eigenvalue weighted by molar-refractivity contribution is 6.11. The molecule has 8 nitrogen and oxygen atoms in total. The fraction of sp³-hybridized carbons (Fsp3) is 0. The molecule has 0 bridgehead atoms. The lowest BCUT2D eigenvalue weighted by Gasteiger charge is -2.13. The summed E-state index contributed by atoms with van der Waals surface area (Å²) < 4.78 is 0. The number of amidine groups is 1. The zero-order chi connectivity index (χ0) is 20.8. The van der Waals surface area contributed by atoms with Crippen molar-refractivity contribution < 1.29 is 20.0 Å². The molecule has 0 heterocycles. The lowest BCUT2D eigenvalue weighted by molar-refractivity contribution is 0.0707. The highest BCUT2D eigenvalue weighted by Crippen LogP contribution is 2.28. The van der Waals surface area contributed by atoms with Crippen LogP contribution in [0.5, 0.6) is 0 Å². The van der Waals surface area contributed by atoms with Crippen molar-refractivity contribution in [2.24, 2.45) is 10.9 Å². The Morgan fingerprint density at radius 3 is 1.80 bits per heavy atom. The number of rotatable bonds is 5. The number of benzene rings is 3. The van der Waals surface area contributed by atoms with Crippen LogP contribution in [0.4, 0.5) is 5.69 Å². The summed E-state index contributed by atoms with van der Waals surface area (Å²) in [5.74, 6) is -1.09. The third kappa shape index (κ3) is 4.75. The van der Waals surface area contributed by atoms with Gasteiger partial charge >= 0.3 is 0 Å². The predicted molar refractivity (Wildman–Crippen MR) is 115 cm³/mol. The average Bonchev–Trinajstić information content (AvgIpc) is 2.78. The van der Waals surface area contributed by atoms with Crippen molar-refractivity contribution in [3.8, 4) is 11.1 Å². The molecule has 9 heteroatoms. The molecule has 2 amide bonds. The fourth-order valence-corrected chi connectivity index (χ4v) is 2.87. The first-order chi connectivity index (χ1) is 14.0. The van der Waals surface area contributed by atoms with E-state index in [0.29, 0.717) is 27.9 Å². The highest BCUT2D eigenvalue weighted by atomic mass is 35.5. The van der Waals surface area contributed by atoms with Gasteiger partial charge in [-0.1, -0.05) is 41.6 Å². The number of halogens is 1. The van der Waals surface area contributed by atoms with Crippen molar-refractivity contribution in [2.75, 3.05) is 5.32 Å². The van der Waals surface area contributed by atoms with Gasteiger partial charge in [0, 0.05) is 22.4 Å². The Hall–Kier alpha value is -3.88. The third-order valence-corrected chi connectivity index (χ3v) is 4.28. The number of nitrogens with two attached hydrogens (primary N) is 1. The number of carbonyl (C=O) groups excluding carboxylic acids is 2. The number of carbonyl (C=O) groups is 2. The minimum absolute atomic E-state index is 0. The summed E-state index contributed by atoms with van der Waals surface area (Å²) >= 11 is 0. The number of hydrogen-bond acceptors (Lipinski definition) is 5. The van der Waals surface area contributed by atoms with E-state index in [0.717, 1.165) is 0 Å². The van der Waals surface area contributed by atoms with Crippen LogP contribution < -0.4 is 16.5 Å². The molecule has 0 radical (unpaired) electrons. The largest absolute Gasteiger partial charge is 0.409 e. The van der Waals surface area contributed by atoms with Crippen molar-refractivity contribution in [2.45, 2.75) is 0 Å². The zero-order valence-corrected chi connectivity index (χ0v) is 16.4. The molecule has 0 aliphatic carbocycles. The Balaban J connectivity index is 0.00000320. The molecule has 0 aliphatic rings. The molecule has 0 atom stereocenters. The first-order valence-corrected chi connectivity index (χ1v) is 8.57. The Labute approximate surface area is 178 Å². The van der Waals surface area contributed by atoms with Gasteiger partial charge in [0.25, 0.3) is 11.8 Å². The van der Waals surface area contributed by atoms with Gasteiger partial charge in [0.2, 0.25) is 0 Å². The van der Waals surface area contributed by atoms with Crippen LogP contribution in [0.1, 0.15) is 26.3 Å². The second-order valence-electron chi connectivity index (χ2n) is 6.05. The van der Waals surface area contributed by atoms with Crippen LogP contribution in [0.3, 0.4) is 0 Å². The quantitative estimate of drug-likeness (QED) is 0.140. The Kier molecular flexibility index (Phi) is 7.51. The number of amides is 2. The van der Waals surface area contributed by atoms with E-state index in [9.17, 15) is 9.59 Å². The van der Waals surface area contributed by atoms with E-state index in [-0.39, 0.29) is 29.7 Å². The molecule has 0 saturated heterocycles. The zero-order valence-electron chi connectivity index (χ0n) is 15.6. The molecule has 0 saturated carbocycles. The molecule has 0 fully saturated rings. The molecular formula is C21H19ClN4O4. The molecule has 3 aromatic rings. The summed E-state index contributed by atoms with van der Waals surface area (Å²) in [7, 11) is 0. The maximum atomic E-state index is 12.9. The van der Waals surface area contributed by atoms with E-state index in [2.05, 4.69) is 10.5 Å². The minimum Gasteiger partial charge on any atom is -0.409 e. The van der Waals surface area contributed by atoms with Crippen LogP contribution in [0.25, 0.3) is 11.1 Å². The van der Waals surface area contributed by atoms with E-state index in [4.69, 9.17) is 16.1 Å². The molecule has 0 aliphatic heterocycles. The van der Waals surface area contributed by atoms with Crippen LogP contribution in [-0.2, 0) is 0 Å². The van der Waals surface area contributed by atoms with E-state index in [1.165, 1.54) is 0 Å². The number of anilines is 1. The molecule has 3 rings (SSSR count). The van der Waals surface area contributed by atoms with Gasteiger partial charge in [-0.3, -0.25) is 14.8 Å². The Morgan fingerprint density at radius 1 is 0.800 bits per heavy atom. The van der Waals surface area contributed by atoms with Gasteiger partial charge in [0.1, 0.15) is 0 Å². The lowest BCUT2D eigenvalue weighted by atomic mass is 9.94. The van der Waals surface area contributed by atoms with Crippen molar-refractivity contribution >= 4 is 35.7 Å². The molecule has 0 aromatic heterocycles. The van der Waals surface area contributed by atoms with Crippen molar-refractivity contribution in [3.63, 3.8) is 0 Å². The Morgan fingerprint density at radius 2 is 1.30 bits per heavy atom. The van der Waals surface area contributed by atoms with Crippen LogP contribution in [0.2, 0.25) is 0 Å². The van der Waals surface area contributed by atoms with E-state index < -0.39 is 5.91 Å². The summed E-state index contributed by atoms with van der Waals surface area (Å²) in [4.78, 5) is 24.9. The third-order valence-electron chi connectivity index (χ3n) is 4.28. The van der Waals surface area contributed by atoms with Crippen LogP contribution in [0, 0.1) is 0 Å². The summed E-state index contributed by atoms with van der Waals surface area (Å²) in [5.41, 5.74) is 9.81. The topological polar surface area (TPSA) is 137 Å². The number of hydroxylamine groups is 1. The van der Waals surface area contributed by atoms with Gasteiger partial charge in [0.05, 0.1) is 0 Å². The first kappa shape index (κ1) is 22.4. The molecule has 154 valence electrons. The van der Waals surface area contributed by atoms with Gasteiger partial charge in [-0.25, -0.2) is 5.48 Å². The summed E-state index contributed by atoms with van der Waals surface area (Å²) in [5, 5.41) is 23.4. The summed E-state index contributed by atoms with van der Waals surface area (Å²) in [6.45, 7) is 0. The maximum Gasteiger partial charge on any atom is 0.275 e. The highest BCUT2D eigenvalue weighted by Gasteiger charge is 2.18. The number of nitrogens with one attached hydrogen (secondary N) is 2. The average molecular weight is 427 g/mol. The lowest BCUT2D eigenvalue weighted by Crippen LogP contribution is -2.20. The summed E-state index contributed by atoms with van der Waals surface area (Å²) in [6.07, 6.45) is 0. The number of oxime groups is 1. The molecule has 0 unspecified atom stereocenters.